The van der Waals surface area contributed by atoms with E-state index in [1.807, 2.05) is 0 Å². The fourth-order valence-corrected chi connectivity index (χ4v) is 1.88. The van der Waals surface area contributed by atoms with Crippen LogP contribution in [-0.2, 0) is 9.47 Å². The molecule has 0 unspecified atom stereocenters. The molecule has 0 amide bonds. The van der Waals surface area contributed by atoms with E-state index in [0.29, 0.717) is 15.6 Å². The Morgan fingerprint density at radius 3 is 2.56 bits per heavy atom. The third-order valence-electron chi connectivity index (χ3n) is 2.07. The normalized spacial score (nSPS) is 14.8. The summed E-state index contributed by atoms with van der Waals surface area (Å²) in [6.07, 6.45) is -1.21. The van der Waals surface area contributed by atoms with Crippen LogP contribution in [0.1, 0.15) is 18.6 Å². The van der Waals surface area contributed by atoms with Crippen molar-refractivity contribution < 1.29 is 14.6 Å². The molecule has 0 aliphatic rings. The van der Waals surface area contributed by atoms with Gasteiger partial charge in [-0.05, 0) is 19.1 Å². The average Bonchev–Trinajstić information content (AvgIpc) is 2.20. The lowest BCUT2D eigenvalue weighted by Crippen LogP contribution is -2.19. The fraction of sp³-hybridized carbons (Fsp3) is 0.455. The first-order valence-electron chi connectivity index (χ1n) is 4.79. The zero-order chi connectivity index (χ0) is 12.1. The van der Waals surface area contributed by atoms with Crippen LogP contribution in [-0.4, -0.2) is 25.1 Å². The fourth-order valence-electron chi connectivity index (χ4n) is 1.36. The van der Waals surface area contributed by atoms with Crippen LogP contribution in [0.4, 0.5) is 0 Å². The second-order valence-corrected chi connectivity index (χ2v) is 4.24. The van der Waals surface area contributed by atoms with E-state index in [1.165, 1.54) is 7.11 Å². The van der Waals surface area contributed by atoms with Crippen molar-refractivity contribution in [3.8, 4) is 0 Å². The van der Waals surface area contributed by atoms with E-state index in [4.69, 9.17) is 32.7 Å². The Balaban J connectivity index is 2.92. The zero-order valence-electron chi connectivity index (χ0n) is 9.11. The molecule has 16 heavy (non-hydrogen) atoms. The number of aliphatic hydroxyl groups is 1. The molecular formula is C11H14Cl2O3. The van der Waals surface area contributed by atoms with Crippen LogP contribution in [0, 0.1) is 0 Å². The highest BCUT2D eigenvalue weighted by Crippen LogP contribution is 2.30. The van der Waals surface area contributed by atoms with Crippen molar-refractivity contribution in [3.63, 3.8) is 0 Å². The van der Waals surface area contributed by atoms with Crippen molar-refractivity contribution in [1.29, 1.82) is 0 Å². The molecule has 5 heteroatoms. The summed E-state index contributed by atoms with van der Waals surface area (Å²) in [6, 6.07) is 5.05. The highest BCUT2D eigenvalue weighted by Gasteiger charge is 2.20. The first-order valence-corrected chi connectivity index (χ1v) is 5.55. The van der Waals surface area contributed by atoms with Gasteiger partial charge in [-0.3, -0.25) is 0 Å². The number of methoxy groups -OCH3 is 1. The van der Waals surface area contributed by atoms with Crippen molar-refractivity contribution in [2.75, 3.05) is 13.9 Å². The summed E-state index contributed by atoms with van der Waals surface area (Å²) >= 11 is 11.8. The average molecular weight is 265 g/mol. The Hall–Kier alpha value is -0.320. The largest absolute Gasteiger partial charge is 0.390 e. The second-order valence-electron chi connectivity index (χ2n) is 3.40. The van der Waals surface area contributed by atoms with E-state index in [9.17, 15) is 5.11 Å². The van der Waals surface area contributed by atoms with E-state index >= 15 is 0 Å². The van der Waals surface area contributed by atoms with E-state index in [1.54, 1.807) is 25.1 Å². The summed E-state index contributed by atoms with van der Waals surface area (Å²) in [4.78, 5) is 0. The monoisotopic (exact) mass is 264 g/mol. The summed E-state index contributed by atoms with van der Waals surface area (Å²) in [5, 5.41) is 10.6. The minimum Gasteiger partial charge on any atom is -0.390 e. The molecule has 0 heterocycles. The molecule has 1 N–H and O–H groups in total. The van der Waals surface area contributed by atoms with Crippen molar-refractivity contribution in [2.45, 2.75) is 19.1 Å². The van der Waals surface area contributed by atoms with Crippen molar-refractivity contribution in [3.05, 3.63) is 33.8 Å². The van der Waals surface area contributed by atoms with Gasteiger partial charge < -0.3 is 14.6 Å². The lowest BCUT2D eigenvalue weighted by Gasteiger charge is -2.21. The van der Waals surface area contributed by atoms with Gasteiger partial charge in [0.2, 0.25) is 0 Å². The van der Waals surface area contributed by atoms with E-state index < -0.39 is 12.2 Å². The third-order valence-corrected chi connectivity index (χ3v) is 2.64. The first kappa shape index (κ1) is 13.7. The molecular weight excluding hydrogens is 251 g/mol. The molecule has 0 radical (unpaired) electrons. The molecule has 1 aromatic carbocycles. The molecule has 0 saturated carbocycles. The van der Waals surface area contributed by atoms with Gasteiger partial charge in [0.15, 0.2) is 0 Å². The van der Waals surface area contributed by atoms with Gasteiger partial charge in [-0.2, -0.15) is 0 Å². The third kappa shape index (κ3) is 3.61. The molecule has 90 valence electrons. The number of hydrogen-bond acceptors (Lipinski definition) is 3. The lowest BCUT2D eigenvalue weighted by atomic mass is 10.1. The number of benzene rings is 1. The topological polar surface area (TPSA) is 38.7 Å². The molecule has 2 atom stereocenters. The van der Waals surface area contributed by atoms with Gasteiger partial charge in [-0.1, -0.05) is 29.3 Å². The maximum Gasteiger partial charge on any atom is 0.147 e. The maximum absolute atomic E-state index is 9.61. The molecule has 0 spiro atoms. The minimum absolute atomic E-state index is 0.0918. The summed E-state index contributed by atoms with van der Waals surface area (Å²) in [5.41, 5.74) is 0.693. The molecule has 0 saturated heterocycles. The highest BCUT2D eigenvalue weighted by molar-refractivity contribution is 6.35. The molecule has 1 rings (SSSR count). The zero-order valence-corrected chi connectivity index (χ0v) is 10.6. The number of halogens is 2. The van der Waals surface area contributed by atoms with E-state index in [-0.39, 0.29) is 6.79 Å². The first-order chi connectivity index (χ1) is 7.56. The van der Waals surface area contributed by atoms with Crippen LogP contribution in [0.2, 0.25) is 10.0 Å². The van der Waals surface area contributed by atoms with Crippen molar-refractivity contribution >= 4 is 23.2 Å². The van der Waals surface area contributed by atoms with Gasteiger partial charge in [-0.15, -0.1) is 0 Å². The standard InChI is InChI=1S/C11H14Cl2O3/c1-7(14)11(16-6-15-2)9-4-3-8(12)5-10(9)13/h3-5,7,11,14H,6H2,1-2H3/t7-,11+/m1/s1. The van der Waals surface area contributed by atoms with Crippen LogP contribution >= 0.6 is 23.2 Å². The lowest BCUT2D eigenvalue weighted by molar-refractivity contribution is -0.110. The Bertz CT molecular complexity index is 342. The predicted octanol–water partition coefficient (Wildman–Crippen LogP) is 3.04. The summed E-state index contributed by atoms with van der Waals surface area (Å²) in [5.74, 6) is 0. The van der Waals surface area contributed by atoms with Crippen LogP contribution in [0.5, 0.6) is 0 Å². The SMILES string of the molecule is COCO[C@H](c1ccc(Cl)cc1Cl)[C@@H](C)O. The van der Waals surface area contributed by atoms with E-state index in [2.05, 4.69) is 0 Å². The molecule has 0 fully saturated rings. The summed E-state index contributed by atoms with van der Waals surface area (Å²) < 4.78 is 10.2. The van der Waals surface area contributed by atoms with Crippen molar-refractivity contribution in [1.82, 2.24) is 0 Å². The van der Waals surface area contributed by atoms with Gasteiger partial charge in [0.1, 0.15) is 12.9 Å². The van der Waals surface area contributed by atoms with Gasteiger partial charge in [0.05, 0.1) is 6.10 Å². The quantitative estimate of drug-likeness (QED) is 0.831. The highest BCUT2D eigenvalue weighted by atomic mass is 35.5. The van der Waals surface area contributed by atoms with Gasteiger partial charge in [0, 0.05) is 22.7 Å². The smallest absolute Gasteiger partial charge is 0.147 e. The van der Waals surface area contributed by atoms with Crippen LogP contribution in [0.3, 0.4) is 0 Å². The Morgan fingerprint density at radius 1 is 1.38 bits per heavy atom. The van der Waals surface area contributed by atoms with Gasteiger partial charge in [-0.25, -0.2) is 0 Å². The Kier molecular flexibility index (Phi) is 5.52. The Morgan fingerprint density at radius 2 is 2.06 bits per heavy atom. The molecule has 1 aromatic rings. The minimum atomic E-state index is -0.686. The molecule has 0 bridgehead atoms. The number of ether oxygens (including phenoxy) is 2. The molecule has 0 aliphatic heterocycles. The van der Waals surface area contributed by atoms with Crippen LogP contribution in [0.15, 0.2) is 18.2 Å². The van der Waals surface area contributed by atoms with Crippen LogP contribution < -0.4 is 0 Å². The summed E-state index contributed by atoms with van der Waals surface area (Å²) in [6.45, 7) is 1.72. The number of hydrogen-bond donors (Lipinski definition) is 1. The van der Waals surface area contributed by atoms with Gasteiger partial charge >= 0.3 is 0 Å². The van der Waals surface area contributed by atoms with E-state index in [0.717, 1.165) is 0 Å². The van der Waals surface area contributed by atoms with Crippen molar-refractivity contribution in [2.24, 2.45) is 0 Å². The molecule has 0 aliphatic carbocycles. The van der Waals surface area contributed by atoms with Gasteiger partial charge in [0.25, 0.3) is 0 Å². The molecule has 3 nitrogen and oxygen atoms in total. The van der Waals surface area contributed by atoms with Crippen LogP contribution in [0.25, 0.3) is 0 Å². The predicted molar refractivity (Wildman–Crippen MR) is 63.8 cm³/mol. The molecule has 0 aromatic heterocycles. The maximum atomic E-state index is 9.61. The Labute approximate surface area is 105 Å². The second kappa shape index (κ2) is 6.42. The number of aliphatic hydroxyl groups excluding tert-OH is 1. The summed E-state index contributed by atoms with van der Waals surface area (Å²) in [7, 11) is 1.52. The number of rotatable bonds is 5.